The molecule has 24 heavy (non-hydrogen) atoms. The molecule has 0 radical (unpaired) electrons. The van der Waals surface area contributed by atoms with Crippen LogP contribution in [0, 0.1) is 0 Å². The third-order valence-electron chi connectivity index (χ3n) is 3.40. The first-order valence-electron chi connectivity index (χ1n) is 8.66. The summed E-state index contributed by atoms with van der Waals surface area (Å²) in [6.07, 6.45) is 21.0. The predicted octanol–water partition coefficient (Wildman–Crippen LogP) is 5.84. The minimum atomic E-state index is 0.624. The quantitative estimate of drug-likeness (QED) is 0.271. The van der Waals surface area contributed by atoms with Gasteiger partial charge >= 0.3 is 0 Å². The molecule has 0 N–H and O–H groups in total. The van der Waals surface area contributed by atoms with Gasteiger partial charge in [-0.2, -0.15) is 0 Å². The summed E-state index contributed by atoms with van der Waals surface area (Å²) in [4.78, 5) is 22.5. The van der Waals surface area contributed by atoms with Crippen LogP contribution in [0.2, 0.25) is 0 Å². The first-order valence-corrected chi connectivity index (χ1v) is 8.66. The molecule has 0 aromatic carbocycles. The fourth-order valence-electron chi connectivity index (χ4n) is 2.04. The van der Waals surface area contributed by atoms with Crippen molar-refractivity contribution in [2.24, 2.45) is 0 Å². The Bertz CT molecular complexity index is 515. The van der Waals surface area contributed by atoms with Crippen molar-refractivity contribution in [1.29, 1.82) is 0 Å². The smallest absolute Gasteiger partial charge is 0.150 e. The number of rotatable bonds is 11. The van der Waals surface area contributed by atoms with Crippen molar-refractivity contribution in [1.82, 2.24) is 0 Å². The Kier molecular flexibility index (Phi) is 13.0. The standard InChI is InChI=1S/C22H30O2/c1-5-9-11-13-19(17-23)15-21(7-3)22(8-4)16-20(18-24)14-12-10-6-2/h7-8,11-18H,5-6,9-10H2,1-4H3/b13-11+,14-12+,19-15+,20-16+,21-7+,22-8+. The van der Waals surface area contributed by atoms with E-state index in [0.29, 0.717) is 11.1 Å². The van der Waals surface area contributed by atoms with E-state index in [-0.39, 0.29) is 0 Å². The molecule has 0 aromatic rings. The molecule has 0 amide bonds. The third kappa shape index (κ3) is 9.04. The van der Waals surface area contributed by atoms with Crippen LogP contribution in [0.1, 0.15) is 53.4 Å². The lowest BCUT2D eigenvalue weighted by Gasteiger charge is -2.05. The van der Waals surface area contributed by atoms with Crippen LogP contribution < -0.4 is 0 Å². The molecule has 0 fully saturated rings. The molecular formula is C22H30O2. The largest absolute Gasteiger partial charge is 0.298 e. The molecule has 0 saturated carbocycles. The SMILES string of the molecule is C/C=C(\C=C(C=O)/C=C/CCC)C(/C=C(C=O)\C=C\CCC)=C/C. The van der Waals surface area contributed by atoms with Crippen LogP contribution in [-0.4, -0.2) is 12.6 Å². The second kappa shape index (κ2) is 14.4. The summed E-state index contributed by atoms with van der Waals surface area (Å²) in [5.41, 5.74) is 3.09. The zero-order chi connectivity index (χ0) is 18.2. The van der Waals surface area contributed by atoms with Crippen molar-refractivity contribution in [2.75, 3.05) is 0 Å². The van der Waals surface area contributed by atoms with E-state index in [1.165, 1.54) is 0 Å². The van der Waals surface area contributed by atoms with E-state index in [1.54, 1.807) is 0 Å². The predicted molar refractivity (Wildman–Crippen MR) is 104 cm³/mol. The first-order chi connectivity index (χ1) is 11.7. The molecule has 0 atom stereocenters. The summed E-state index contributed by atoms with van der Waals surface area (Å²) in [6.45, 7) is 8.05. The first kappa shape index (κ1) is 21.8. The molecule has 2 heteroatoms. The lowest BCUT2D eigenvalue weighted by Crippen LogP contribution is -1.90. The Hall–Kier alpha value is -2.22. The van der Waals surface area contributed by atoms with E-state index < -0.39 is 0 Å². The average Bonchev–Trinajstić information content (AvgIpc) is 2.61. The molecule has 0 aliphatic rings. The Morgan fingerprint density at radius 1 is 0.708 bits per heavy atom. The normalized spacial score (nSPS) is 14.7. The van der Waals surface area contributed by atoms with E-state index >= 15 is 0 Å². The minimum absolute atomic E-state index is 0.624. The molecule has 0 aliphatic heterocycles. The second-order valence-electron chi connectivity index (χ2n) is 5.39. The Morgan fingerprint density at radius 3 is 1.33 bits per heavy atom. The van der Waals surface area contributed by atoms with Gasteiger partial charge in [0.05, 0.1) is 0 Å². The van der Waals surface area contributed by atoms with Crippen LogP contribution in [0.15, 0.2) is 70.9 Å². The Morgan fingerprint density at radius 2 is 1.08 bits per heavy atom. The van der Waals surface area contributed by atoms with Gasteiger partial charge in [0.15, 0.2) is 0 Å². The van der Waals surface area contributed by atoms with Gasteiger partial charge in [0, 0.05) is 11.1 Å². The number of hydrogen-bond acceptors (Lipinski definition) is 2. The number of carbonyl (C=O) groups excluding carboxylic acids is 2. The van der Waals surface area contributed by atoms with E-state index in [1.807, 2.05) is 62.5 Å². The summed E-state index contributed by atoms with van der Waals surface area (Å²) in [7, 11) is 0. The summed E-state index contributed by atoms with van der Waals surface area (Å²) in [5.74, 6) is 0. The van der Waals surface area contributed by atoms with Gasteiger partial charge in [-0.1, -0.05) is 63.1 Å². The van der Waals surface area contributed by atoms with Crippen molar-refractivity contribution in [3.05, 3.63) is 70.9 Å². The lowest BCUT2D eigenvalue weighted by molar-refractivity contribution is -0.105. The minimum Gasteiger partial charge on any atom is -0.298 e. The average molecular weight is 326 g/mol. The van der Waals surface area contributed by atoms with Gasteiger partial charge in [-0.3, -0.25) is 9.59 Å². The number of aldehydes is 2. The number of hydrogen-bond donors (Lipinski definition) is 0. The van der Waals surface area contributed by atoms with Crippen LogP contribution in [0.3, 0.4) is 0 Å². The maximum Gasteiger partial charge on any atom is 0.150 e. The maximum absolute atomic E-state index is 11.3. The molecule has 2 nitrogen and oxygen atoms in total. The molecule has 0 unspecified atom stereocenters. The van der Waals surface area contributed by atoms with E-state index in [9.17, 15) is 9.59 Å². The zero-order valence-electron chi connectivity index (χ0n) is 15.4. The van der Waals surface area contributed by atoms with Gasteiger partial charge in [0.1, 0.15) is 12.6 Å². The molecule has 130 valence electrons. The Labute approximate surface area is 147 Å². The second-order valence-corrected chi connectivity index (χ2v) is 5.39. The van der Waals surface area contributed by atoms with Gasteiger partial charge in [0.2, 0.25) is 0 Å². The molecular weight excluding hydrogens is 296 g/mol. The van der Waals surface area contributed by atoms with Gasteiger partial charge in [0.25, 0.3) is 0 Å². The monoisotopic (exact) mass is 326 g/mol. The Balaban J connectivity index is 5.51. The highest BCUT2D eigenvalue weighted by molar-refractivity contribution is 5.81. The molecule has 0 rings (SSSR count). The maximum atomic E-state index is 11.3. The van der Waals surface area contributed by atoms with Crippen LogP contribution in [-0.2, 0) is 9.59 Å². The highest BCUT2D eigenvalue weighted by Crippen LogP contribution is 2.17. The summed E-state index contributed by atoms with van der Waals surface area (Å²) in [5, 5.41) is 0. The fraction of sp³-hybridized carbons (Fsp3) is 0.364. The van der Waals surface area contributed by atoms with Gasteiger partial charge in [-0.25, -0.2) is 0 Å². The van der Waals surface area contributed by atoms with Crippen molar-refractivity contribution in [3.63, 3.8) is 0 Å². The number of allylic oxidation sites excluding steroid dienone is 12. The molecule has 0 bridgehead atoms. The molecule has 0 spiro atoms. The highest BCUT2D eigenvalue weighted by atomic mass is 16.1. The van der Waals surface area contributed by atoms with Crippen LogP contribution in [0.5, 0.6) is 0 Å². The molecule has 0 heterocycles. The van der Waals surface area contributed by atoms with Gasteiger partial charge < -0.3 is 0 Å². The van der Waals surface area contributed by atoms with Crippen molar-refractivity contribution in [2.45, 2.75) is 53.4 Å². The van der Waals surface area contributed by atoms with Crippen LogP contribution in [0.4, 0.5) is 0 Å². The van der Waals surface area contributed by atoms with Crippen molar-refractivity contribution in [3.8, 4) is 0 Å². The van der Waals surface area contributed by atoms with E-state index in [0.717, 1.165) is 49.4 Å². The molecule has 0 saturated heterocycles. The van der Waals surface area contributed by atoms with Crippen molar-refractivity contribution >= 4 is 12.6 Å². The summed E-state index contributed by atoms with van der Waals surface area (Å²) >= 11 is 0. The topological polar surface area (TPSA) is 34.1 Å². The van der Waals surface area contributed by atoms with E-state index in [2.05, 4.69) is 13.8 Å². The summed E-state index contributed by atoms with van der Waals surface area (Å²) in [6, 6.07) is 0. The van der Waals surface area contributed by atoms with Crippen LogP contribution in [0.25, 0.3) is 0 Å². The van der Waals surface area contributed by atoms with Gasteiger partial charge in [-0.05, 0) is 50.0 Å². The van der Waals surface area contributed by atoms with Crippen LogP contribution >= 0.6 is 0 Å². The third-order valence-corrected chi connectivity index (χ3v) is 3.40. The highest BCUT2D eigenvalue weighted by Gasteiger charge is 2.01. The molecule has 0 aromatic heterocycles. The van der Waals surface area contributed by atoms with E-state index in [4.69, 9.17) is 0 Å². The zero-order valence-corrected chi connectivity index (χ0v) is 15.4. The summed E-state index contributed by atoms with van der Waals surface area (Å²) < 4.78 is 0. The lowest BCUT2D eigenvalue weighted by atomic mass is 10.00. The van der Waals surface area contributed by atoms with Crippen molar-refractivity contribution < 1.29 is 9.59 Å². The molecule has 0 aliphatic carbocycles. The van der Waals surface area contributed by atoms with Gasteiger partial charge in [-0.15, -0.1) is 0 Å². The number of unbranched alkanes of at least 4 members (excludes halogenated alkanes) is 2. The fourth-order valence-corrected chi connectivity index (χ4v) is 2.04. The number of carbonyl (C=O) groups is 2.